The third kappa shape index (κ3) is 9.42. The number of aliphatic hydroxyl groups excluding tert-OH is 1. The quantitative estimate of drug-likeness (QED) is 0.413. The molecule has 0 saturated carbocycles. The van der Waals surface area contributed by atoms with Crippen molar-refractivity contribution in [3.63, 3.8) is 0 Å². The van der Waals surface area contributed by atoms with E-state index in [0.29, 0.717) is 6.04 Å². The summed E-state index contributed by atoms with van der Waals surface area (Å²) in [6.07, 6.45) is 16.0. The lowest BCUT2D eigenvalue weighted by Crippen LogP contribution is -2.54. The third-order valence-corrected chi connectivity index (χ3v) is 5.69. The largest absolute Gasteiger partial charge is 0.393 e. The minimum absolute atomic E-state index is 0.0827. The Hall–Kier alpha value is -0.860. The molecule has 0 aliphatic carbocycles. The zero-order valence-electron chi connectivity index (χ0n) is 17.6. The average Bonchev–Trinajstić information content (AvgIpc) is 2.50. The number of hydrogen-bond acceptors (Lipinski definition) is 1. The molecule has 1 aliphatic rings. The molecule has 1 heterocycles. The van der Waals surface area contributed by atoms with Gasteiger partial charge in [0, 0.05) is 19.3 Å². The van der Waals surface area contributed by atoms with E-state index in [-0.39, 0.29) is 6.10 Å². The van der Waals surface area contributed by atoms with E-state index in [1.165, 1.54) is 42.4 Å². The number of likely N-dealkylation sites (tertiary alicyclic amines) is 1. The normalized spacial score (nSPS) is 24.3. The molecule has 0 aromatic heterocycles. The first-order chi connectivity index (χ1) is 11.7. The summed E-state index contributed by atoms with van der Waals surface area (Å²) in [7, 11) is 4.63. The van der Waals surface area contributed by atoms with Crippen LogP contribution in [0.3, 0.4) is 0 Å². The molecule has 0 bridgehead atoms. The molecule has 0 aromatic carbocycles. The fourth-order valence-electron chi connectivity index (χ4n) is 3.71. The zero-order valence-corrected chi connectivity index (χ0v) is 17.6. The van der Waals surface area contributed by atoms with Gasteiger partial charge in [0.1, 0.15) is 0 Å². The fraction of sp³-hybridized carbons (Fsp3) is 0.739. The average molecular weight is 349 g/mol. The Morgan fingerprint density at radius 2 is 1.48 bits per heavy atom. The van der Waals surface area contributed by atoms with Crippen LogP contribution in [0, 0.1) is 0 Å². The molecule has 2 nitrogen and oxygen atoms in total. The molecule has 0 aromatic rings. The molecule has 0 spiro atoms. The molecule has 25 heavy (non-hydrogen) atoms. The maximum Gasteiger partial charge on any atom is 0.0914 e. The van der Waals surface area contributed by atoms with Gasteiger partial charge in [0.05, 0.1) is 32.8 Å². The van der Waals surface area contributed by atoms with Gasteiger partial charge in [-0.15, -0.1) is 0 Å². The second kappa shape index (κ2) is 11.0. The maximum absolute atomic E-state index is 9.94. The van der Waals surface area contributed by atoms with Crippen LogP contribution in [0.2, 0.25) is 0 Å². The zero-order chi connectivity index (χ0) is 18.9. The van der Waals surface area contributed by atoms with Crippen molar-refractivity contribution in [2.75, 3.05) is 20.6 Å². The Balaban J connectivity index is 2.30. The molecule has 1 aliphatic heterocycles. The number of piperidine rings is 1. The van der Waals surface area contributed by atoms with Crippen LogP contribution in [-0.4, -0.2) is 42.4 Å². The third-order valence-electron chi connectivity index (χ3n) is 5.69. The SMILES string of the molecule is CC(C)=CCC/C(C)=C/CC/C(C)=C/CC[C@H]1C[C@@H](O)CC[N+]1(C)C. The van der Waals surface area contributed by atoms with E-state index in [9.17, 15) is 5.11 Å². The number of quaternary nitrogens is 1. The Bertz CT molecular complexity index is 480. The van der Waals surface area contributed by atoms with Gasteiger partial charge >= 0.3 is 0 Å². The highest BCUT2D eigenvalue weighted by Crippen LogP contribution is 2.26. The first-order valence-corrected chi connectivity index (χ1v) is 10.2. The van der Waals surface area contributed by atoms with Crippen LogP contribution in [0.25, 0.3) is 0 Å². The fourth-order valence-corrected chi connectivity index (χ4v) is 3.71. The summed E-state index contributed by atoms with van der Waals surface area (Å²) < 4.78 is 1.07. The van der Waals surface area contributed by atoms with Crippen LogP contribution in [-0.2, 0) is 0 Å². The summed E-state index contributed by atoms with van der Waals surface area (Å²) in [5.41, 5.74) is 4.44. The molecule has 2 atom stereocenters. The summed E-state index contributed by atoms with van der Waals surface area (Å²) in [4.78, 5) is 0. The van der Waals surface area contributed by atoms with Crippen LogP contribution in [0.15, 0.2) is 34.9 Å². The minimum Gasteiger partial charge on any atom is -0.393 e. The molecule has 0 radical (unpaired) electrons. The van der Waals surface area contributed by atoms with Gasteiger partial charge in [-0.3, -0.25) is 0 Å². The van der Waals surface area contributed by atoms with E-state index in [2.05, 4.69) is 60.0 Å². The van der Waals surface area contributed by atoms with Gasteiger partial charge in [0.15, 0.2) is 0 Å². The highest BCUT2D eigenvalue weighted by atomic mass is 16.3. The van der Waals surface area contributed by atoms with Crippen molar-refractivity contribution in [3.8, 4) is 0 Å². The van der Waals surface area contributed by atoms with Gasteiger partial charge in [-0.25, -0.2) is 0 Å². The van der Waals surface area contributed by atoms with E-state index < -0.39 is 0 Å². The van der Waals surface area contributed by atoms with Crippen molar-refractivity contribution in [1.29, 1.82) is 0 Å². The van der Waals surface area contributed by atoms with E-state index in [1.807, 2.05) is 0 Å². The van der Waals surface area contributed by atoms with Crippen LogP contribution in [0.5, 0.6) is 0 Å². The molecular formula is C23H42NO+. The van der Waals surface area contributed by atoms with Gasteiger partial charge in [-0.1, -0.05) is 34.9 Å². The van der Waals surface area contributed by atoms with Gasteiger partial charge in [-0.05, 0) is 59.8 Å². The predicted molar refractivity (Wildman–Crippen MR) is 111 cm³/mol. The van der Waals surface area contributed by atoms with Crippen molar-refractivity contribution in [3.05, 3.63) is 34.9 Å². The van der Waals surface area contributed by atoms with Gasteiger partial charge in [-0.2, -0.15) is 0 Å². The van der Waals surface area contributed by atoms with Gasteiger partial charge in [0.2, 0.25) is 0 Å². The van der Waals surface area contributed by atoms with Crippen molar-refractivity contribution in [2.45, 2.75) is 91.2 Å². The van der Waals surface area contributed by atoms with Crippen LogP contribution in [0.1, 0.15) is 79.1 Å². The second-order valence-corrected chi connectivity index (χ2v) is 8.87. The molecular weight excluding hydrogens is 306 g/mol. The smallest absolute Gasteiger partial charge is 0.0914 e. The van der Waals surface area contributed by atoms with Gasteiger partial charge < -0.3 is 9.59 Å². The van der Waals surface area contributed by atoms with Crippen LogP contribution in [0.4, 0.5) is 0 Å². The number of nitrogens with zero attached hydrogens (tertiary/aromatic N) is 1. The first kappa shape index (κ1) is 22.2. The summed E-state index contributed by atoms with van der Waals surface area (Å²) in [6, 6.07) is 0.602. The summed E-state index contributed by atoms with van der Waals surface area (Å²) in [5, 5.41) is 9.94. The topological polar surface area (TPSA) is 20.2 Å². The molecule has 1 rings (SSSR count). The number of rotatable bonds is 9. The molecule has 0 amide bonds. The highest BCUT2D eigenvalue weighted by molar-refractivity contribution is 5.05. The monoisotopic (exact) mass is 348 g/mol. The lowest BCUT2D eigenvalue weighted by molar-refractivity contribution is -0.921. The van der Waals surface area contributed by atoms with Crippen LogP contribution >= 0.6 is 0 Å². The summed E-state index contributed by atoms with van der Waals surface area (Å²) in [5.74, 6) is 0. The summed E-state index contributed by atoms with van der Waals surface area (Å²) >= 11 is 0. The van der Waals surface area contributed by atoms with Crippen molar-refractivity contribution < 1.29 is 9.59 Å². The van der Waals surface area contributed by atoms with E-state index in [1.54, 1.807) is 0 Å². The summed E-state index contributed by atoms with van der Waals surface area (Å²) in [6.45, 7) is 9.96. The molecule has 144 valence electrons. The first-order valence-electron chi connectivity index (χ1n) is 10.2. The number of hydrogen-bond donors (Lipinski definition) is 1. The lowest BCUT2D eigenvalue weighted by atomic mass is 9.93. The molecule has 2 heteroatoms. The predicted octanol–water partition coefficient (Wildman–Crippen LogP) is 5.79. The molecule has 1 saturated heterocycles. The van der Waals surface area contributed by atoms with Crippen molar-refractivity contribution in [1.82, 2.24) is 0 Å². The second-order valence-electron chi connectivity index (χ2n) is 8.87. The van der Waals surface area contributed by atoms with Crippen molar-refractivity contribution in [2.24, 2.45) is 0 Å². The van der Waals surface area contributed by atoms with Crippen molar-refractivity contribution >= 4 is 0 Å². The Morgan fingerprint density at radius 1 is 0.920 bits per heavy atom. The highest BCUT2D eigenvalue weighted by Gasteiger charge is 2.34. The minimum atomic E-state index is -0.0827. The Kier molecular flexibility index (Phi) is 9.74. The van der Waals surface area contributed by atoms with E-state index >= 15 is 0 Å². The lowest BCUT2D eigenvalue weighted by Gasteiger charge is -2.43. The maximum atomic E-state index is 9.94. The van der Waals surface area contributed by atoms with Gasteiger partial charge in [0.25, 0.3) is 0 Å². The van der Waals surface area contributed by atoms with Crippen LogP contribution < -0.4 is 0 Å². The Labute approximate surface area is 156 Å². The number of aliphatic hydroxyl groups is 1. The number of allylic oxidation sites excluding steroid dienone is 6. The standard InChI is InChI=1S/C23H42NO/c1-19(2)10-7-11-20(3)12-8-13-21(4)14-9-15-22-18-23(25)16-17-24(22,5)6/h10,12,14,22-23,25H,7-9,11,13,15-18H2,1-6H3/q+1/b20-12+,21-14+/t22-,23-/m0/s1. The molecule has 0 unspecified atom stereocenters. The van der Waals surface area contributed by atoms with E-state index in [0.717, 1.165) is 36.7 Å². The van der Waals surface area contributed by atoms with E-state index in [4.69, 9.17) is 0 Å². The molecule has 1 N–H and O–H groups in total. The Morgan fingerprint density at radius 3 is 2.08 bits per heavy atom. The molecule has 1 fully saturated rings.